The van der Waals surface area contributed by atoms with Gasteiger partial charge in [-0.05, 0) is 24.1 Å². The van der Waals surface area contributed by atoms with Crippen LogP contribution in [0, 0.1) is 0 Å². The number of amidine groups is 1. The topological polar surface area (TPSA) is 117 Å². The van der Waals surface area contributed by atoms with Crippen LogP contribution >= 0.6 is 0 Å². The predicted octanol–water partition coefficient (Wildman–Crippen LogP) is 2.52. The Morgan fingerprint density at radius 3 is 2.39 bits per heavy atom. The monoisotopic (exact) mass is 531 g/mol. The Bertz CT molecular complexity index is 1190. The highest BCUT2D eigenvalue weighted by Gasteiger charge is 2.39. The molecule has 0 radical (unpaired) electrons. The summed E-state index contributed by atoms with van der Waals surface area (Å²) < 4.78 is 42.7. The number of morpholine rings is 1. The number of benzene rings is 2. The molecule has 2 aliphatic heterocycles. The number of nitrogens with two attached hydrogens (primary N) is 1. The number of ether oxygens (including phenoxy) is 1. The average molecular weight is 532 g/mol. The fourth-order valence-corrected chi connectivity index (χ4v) is 4.53. The van der Waals surface area contributed by atoms with E-state index in [1.54, 1.807) is 4.90 Å². The highest BCUT2D eigenvalue weighted by Crippen LogP contribution is 2.28. The van der Waals surface area contributed by atoms with Gasteiger partial charge in [0.1, 0.15) is 5.84 Å². The lowest BCUT2D eigenvalue weighted by Crippen LogP contribution is -2.56. The first-order valence-electron chi connectivity index (χ1n) is 12.2. The normalized spacial score (nSPS) is 20.3. The number of carbonyl (C=O) groups excluding carboxylic acids is 3. The van der Waals surface area contributed by atoms with Gasteiger partial charge in [-0.15, -0.1) is 0 Å². The summed E-state index contributed by atoms with van der Waals surface area (Å²) in [5.41, 5.74) is 6.98. The number of hydrogen-bond acceptors (Lipinski definition) is 4. The average Bonchev–Trinajstić information content (AvgIpc) is 3.42. The number of nitrogens with one attached hydrogen (secondary N) is 1. The molecular formula is C26H28F3N5O4. The Hall–Kier alpha value is -3.93. The highest BCUT2D eigenvalue weighted by molar-refractivity contribution is 6.05. The van der Waals surface area contributed by atoms with Crippen LogP contribution in [-0.2, 0) is 9.53 Å². The van der Waals surface area contributed by atoms with Crippen LogP contribution < -0.4 is 11.1 Å². The molecule has 1 unspecified atom stereocenters. The molecule has 202 valence electrons. The van der Waals surface area contributed by atoms with Crippen molar-refractivity contribution in [2.75, 3.05) is 39.4 Å². The third-order valence-electron chi connectivity index (χ3n) is 6.61. The molecular weight excluding hydrogens is 503 g/mol. The van der Waals surface area contributed by atoms with Gasteiger partial charge >= 0.3 is 18.1 Å². The molecule has 2 atom stereocenters. The van der Waals surface area contributed by atoms with Crippen molar-refractivity contribution in [2.45, 2.75) is 24.6 Å². The second-order valence-corrected chi connectivity index (χ2v) is 9.13. The summed E-state index contributed by atoms with van der Waals surface area (Å²) in [7, 11) is 0. The van der Waals surface area contributed by atoms with Crippen molar-refractivity contribution in [1.29, 1.82) is 0 Å². The first-order chi connectivity index (χ1) is 18.1. The van der Waals surface area contributed by atoms with Gasteiger partial charge in [-0.25, -0.2) is 4.79 Å². The zero-order valence-corrected chi connectivity index (χ0v) is 20.5. The van der Waals surface area contributed by atoms with E-state index in [0.29, 0.717) is 26.2 Å². The third-order valence-corrected chi connectivity index (χ3v) is 6.61. The molecule has 2 saturated heterocycles. The van der Waals surface area contributed by atoms with Gasteiger partial charge in [-0.2, -0.15) is 18.2 Å². The van der Waals surface area contributed by atoms with E-state index < -0.39 is 23.8 Å². The number of rotatable bonds is 5. The molecule has 2 aromatic carbocycles. The first-order valence-corrected chi connectivity index (χ1v) is 12.2. The van der Waals surface area contributed by atoms with Gasteiger partial charge in [-0.3, -0.25) is 9.59 Å². The van der Waals surface area contributed by atoms with Gasteiger partial charge in [0.25, 0.3) is 5.91 Å². The maximum absolute atomic E-state index is 13.3. The van der Waals surface area contributed by atoms with Gasteiger partial charge in [0.2, 0.25) is 0 Å². The lowest BCUT2D eigenvalue weighted by atomic mass is 9.99. The Balaban J connectivity index is 1.33. The first kappa shape index (κ1) is 27.1. The number of likely N-dealkylation sites (tertiary alicyclic amines) is 1. The number of halogens is 3. The molecule has 2 aromatic rings. The molecule has 0 aromatic heterocycles. The van der Waals surface area contributed by atoms with Crippen LogP contribution in [0.25, 0.3) is 0 Å². The number of alkyl halides is 3. The summed E-state index contributed by atoms with van der Waals surface area (Å²) >= 11 is 0. The van der Waals surface area contributed by atoms with Crippen LogP contribution in [0.5, 0.6) is 0 Å². The van der Waals surface area contributed by atoms with Crippen LogP contribution in [0.2, 0.25) is 0 Å². The molecule has 38 heavy (non-hydrogen) atoms. The van der Waals surface area contributed by atoms with Gasteiger partial charge in [0, 0.05) is 43.2 Å². The smallest absolute Gasteiger partial charge is 0.383 e. The Morgan fingerprint density at radius 1 is 1.03 bits per heavy atom. The fraction of sp³-hybridized carbons (Fsp3) is 0.385. The minimum Gasteiger partial charge on any atom is -0.383 e. The van der Waals surface area contributed by atoms with Crippen LogP contribution in [0.1, 0.15) is 33.8 Å². The second-order valence-electron chi connectivity index (χ2n) is 9.13. The summed E-state index contributed by atoms with van der Waals surface area (Å²) in [6.45, 7) is 2.55. The minimum absolute atomic E-state index is 0.0658. The SMILES string of the molecule is NC(=NC(=O)C(F)(F)F)c1ccc(C(=O)NC[C@H]2COCCN2C(=O)N2CCC(c3ccccc3)C2)cc1. The number of amides is 4. The van der Waals surface area contributed by atoms with E-state index in [0.717, 1.165) is 6.42 Å². The molecule has 0 saturated carbocycles. The van der Waals surface area contributed by atoms with Crippen molar-refractivity contribution < 1.29 is 32.3 Å². The van der Waals surface area contributed by atoms with E-state index in [9.17, 15) is 27.6 Å². The number of hydrogen-bond donors (Lipinski definition) is 2. The zero-order valence-electron chi connectivity index (χ0n) is 20.5. The Morgan fingerprint density at radius 2 is 1.71 bits per heavy atom. The summed E-state index contributed by atoms with van der Waals surface area (Å²) in [6, 6.07) is 15.0. The third kappa shape index (κ3) is 6.49. The molecule has 0 spiro atoms. The quantitative estimate of drug-likeness (QED) is 0.454. The van der Waals surface area contributed by atoms with Gasteiger partial charge in [0.05, 0.1) is 19.3 Å². The molecule has 9 nitrogen and oxygen atoms in total. The fourth-order valence-electron chi connectivity index (χ4n) is 4.53. The van der Waals surface area contributed by atoms with Crippen molar-refractivity contribution in [3.05, 3.63) is 71.3 Å². The lowest BCUT2D eigenvalue weighted by Gasteiger charge is -2.38. The lowest BCUT2D eigenvalue weighted by molar-refractivity contribution is -0.169. The van der Waals surface area contributed by atoms with E-state index >= 15 is 0 Å². The molecule has 0 aliphatic carbocycles. The molecule has 0 bridgehead atoms. The zero-order chi connectivity index (χ0) is 27.3. The van der Waals surface area contributed by atoms with Gasteiger partial charge < -0.3 is 25.6 Å². The molecule has 4 rings (SSSR count). The van der Waals surface area contributed by atoms with Crippen LogP contribution in [0.15, 0.2) is 59.6 Å². The molecule has 4 amide bonds. The molecule has 2 heterocycles. The van der Waals surface area contributed by atoms with Crippen LogP contribution in [0.4, 0.5) is 18.0 Å². The van der Waals surface area contributed by atoms with Crippen molar-refractivity contribution in [3.63, 3.8) is 0 Å². The van der Waals surface area contributed by atoms with E-state index in [1.165, 1.54) is 29.8 Å². The van der Waals surface area contributed by atoms with Crippen molar-refractivity contribution in [3.8, 4) is 0 Å². The highest BCUT2D eigenvalue weighted by atomic mass is 19.4. The Labute approximate surface area is 217 Å². The van der Waals surface area contributed by atoms with Gasteiger partial charge in [-0.1, -0.05) is 42.5 Å². The maximum Gasteiger partial charge on any atom is 0.473 e. The molecule has 3 N–H and O–H groups in total. The summed E-state index contributed by atoms with van der Waals surface area (Å²) in [4.78, 5) is 43.4. The molecule has 12 heteroatoms. The minimum atomic E-state index is -5.12. The molecule has 2 fully saturated rings. The second kappa shape index (κ2) is 11.6. The van der Waals surface area contributed by atoms with Gasteiger partial charge in [0.15, 0.2) is 0 Å². The number of carbonyl (C=O) groups is 3. The van der Waals surface area contributed by atoms with E-state index in [1.807, 2.05) is 23.1 Å². The summed E-state index contributed by atoms with van der Waals surface area (Å²) in [5.74, 6) is -3.07. The number of urea groups is 1. The summed E-state index contributed by atoms with van der Waals surface area (Å²) in [5, 5.41) is 2.78. The predicted molar refractivity (Wildman–Crippen MR) is 133 cm³/mol. The Kier molecular flexibility index (Phi) is 8.30. The van der Waals surface area contributed by atoms with Crippen molar-refractivity contribution in [1.82, 2.24) is 15.1 Å². The van der Waals surface area contributed by atoms with Crippen molar-refractivity contribution in [2.24, 2.45) is 10.7 Å². The standard InChI is InChI=1S/C26H28F3N5O4/c27-26(28,29)24(36)32-22(30)18-6-8-19(9-7-18)23(35)31-14-21-16-38-13-12-34(21)25(37)33-11-10-20(15-33)17-4-2-1-3-5-17/h1-9,20-21H,10-16H2,(H,31,35)(H2,30,32,36)/t20?,21-/m0/s1. The van der Waals surface area contributed by atoms with E-state index in [2.05, 4.69) is 22.4 Å². The maximum atomic E-state index is 13.3. The van der Waals surface area contributed by atoms with E-state index in [-0.39, 0.29) is 42.3 Å². The van der Waals surface area contributed by atoms with Crippen LogP contribution in [0.3, 0.4) is 0 Å². The van der Waals surface area contributed by atoms with Crippen LogP contribution in [-0.4, -0.2) is 85.1 Å². The number of nitrogens with zero attached hydrogens (tertiary/aromatic N) is 3. The van der Waals surface area contributed by atoms with Crippen molar-refractivity contribution >= 4 is 23.7 Å². The van der Waals surface area contributed by atoms with E-state index in [4.69, 9.17) is 10.5 Å². The molecule has 2 aliphatic rings. The largest absolute Gasteiger partial charge is 0.473 e. The summed E-state index contributed by atoms with van der Waals surface area (Å²) in [6.07, 6.45) is -4.24. The number of aliphatic imine (C=N–C) groups is 1.